The molecule has 3 unspecified atom stereocenters. The van der Waals surface area contributed by atoms with Crippen LogP contribution in [0.4, 0.5) is 0 Å². The third kappa shape index (κ3) is 3.44. The molecule has 2 rings (SSSR count). The molecule has 18 heavy (non-hydrogen) atoms. The summed E-state index contributed by atoms with van der Waals surface area (Å²) in [5, 5.41) is 12.7. The highest BCUT2D eigenvalue weighted by Gasteiger charge is 2.39. The molecule has 0 spiro atoms. The maximum absolute atomic E-state index is 9.35. The van der Waals surface area contributed by atoms with Gasteiger partial charge in [0.15, 0.2) is 0 Å². The van der Waals surface area contributed by atoms with E-state index in [1.54, 1.807) is 0 Å². The van der Waals surface area contributed by atoms with Crippen molar-refractivity contribution in [3.05, 3.63) is 0 Å². The van der Waals surface area contributed by atoms with Gasteiger partial charge in [-0.2, -0.15) is 5.26 Å². The van der Waals surface area contributed by atoms with Crippen molar-refractivity contribution in [1.82, 2.24) is 5.32 Å². The molecule has 1 aliphatic carbocycles. The van der Waals surface area contributed by atoms with Gasteiger partial charge in [-0.05, 0) is 32.2 Å². The molecule has 102 valence electrons. The zero-order chi connectivity index (χ0) is 12.8. The second-order valence-corrected chi connectivity index (χ2v) is 5.55. The summed E-state index contributed by atoms with van der Waals surface area (Å²) in [6.45, 7) is 5.54. The molecule has 1 saturated carbocycles. The van der Waals surface area contributed by atoms with Crippen LogP contribution in [0.3, 0.4) is 0 Å². The van der Waals surface area contributed by atoms with Crippen LogP contribution in [0.25, 0.3) is 0 Å². The lowest BCUT2D eigenvalue weighted by Gasteiger charge is -2.22. The van der Waals surface area contributed by atoms with Gasteiger partial charge in [-0.25, -0.2) is 0 Å². The first-order valence-electron chi connectivity index (χ1n) is 7.13. The van der Waals surface area contributed by atoms with Crippen molar-refractivity contribution < 1.29 is 9.47 Å². The number of rotatable bonds is 6. The van der Waals surface area contributed by atoms with Crippen LogP contribution in [-0.2, 0) is 9.47 Å². The average Bonchev–Trinajstić information content (AvgIpc) is 3.04. The van der Waals surface area contributed by atoms with E-state index < -0.39 is 0 Å². The Morgan fingerprint density at radius 3 is 3.06 bits per heavy atom. The third-order valence-corrected chi connectivity index (χ3v) is 3.99. The summed E-state index contributed by atoms with van der Waals surface area (Å²) in [7, 11) is 0. The maximum atomic E-state index is 9.35. The Morgan fingerprint density at radius 1 is 1.50 bits per heavy atom. The standard InChI is InChI=1S/C14H24N2O2/c1-2-6-16-14(11-15)5-3-13(8-14)18-10-12-4-7-17-9-12/h12-13,16H,2-10H2,1H3. The summed E-state index contributed by atoms with van der Waals surface area (Å²) in [4.78, 5) is 0. The van der Waals surface area contributed by atoms with Gasteiger partial charge in [0.1, 0.15) is 5.54 Å². The van der Waals surface area contributed by atoms with Gasteiger partial charge in [-0.1, -0.05) is 6.92 Å². The average molecular weight is 252 g/mol. The zero-order valence-electron chi connectivity index (χ0n) is 11.3. The second-order valence-electron chi connectivity index (χ2n) is 5.55. The first-order valence-corrected chi connectivity index (χ1v) is 7.13. The number of ether oxygens (including phenoxy) is 2. The monoisotopic (exact) mass is 252 g/mol. The van der Waals surface area contributed by atoms with Gasteiger partial charge in [0.25, 0.3) is 0 Å². The van der Waals surface area contributed by atoms with E-state index >= 15 is 0 Å². The molecule has 2 aliphatic rings. The fraction of sp³-hybridized carbons (Fsp3) is 0.929. The van der Waals surface area contributed by atoms with Crippen molar-refractivity contribution >= 4 is 0 Å². The van der Waals surface area contributed by atoms with Crippen LogP contribution in [0.15, 0.2) is 0 Å². The van der Waals surface area contributed by atoms with Gasteiger partial charge in [-0.3, -0.25) is 5.32 Å². The van der Waals surface area contributed by atoms with Gasteiger partial charge >= 0.3 is 0 Å². The lowest BCUT2D eigenvalue weighted by molar-refractivity contribution is 0.0276. The van der Waals surface area contributed by atoms with E-state index in [9.17, 15) is 5.26 Å². The molecule has 1 N–H and O–H groups in total. The van der Waals surface area contributed by atoms with Gasteiger partial charge in [0.2, 0.25) is 0 Å². The zero-order valence-corrected chi connectivity index (χ0v) is 11.3. The number of hydrogen-bond donors (Lipinski definition) is 1. The Bertz CT molecular complexity index is 297. The number of nitriles is 1. The largest absolute Gasteiger partial charge is 0.381 e. The van der Waals surface area contributed by atoms with Crippen LogP contribution in [0.1, 0.15) is 39.0 Å². The highest BCUT2D eigenvalue weighted by molar-refractivity contribution is 5.12. The minimum absolute atomic E-state index is 0.245. The van der Waals surface area contributed by atoms with Crippen molar-refractivity contribution in [3.63, 3.8) is 0 Å². The molecular formula is C14H24N2O2. The summed E-state index contributed by atoms with van der Waals surface area (Å²) < 4.78 is 11.3. The predicted molar refractivity (Wildman–Crippen MR) is 69.2 cm³/mol. The van der Waals surface area contributed by atoms with E-state index in [0.29, 0.717) is 5.92 Å². The summed E-state index contributed by atoms with van der Waals surface area (Å²) in [6.07, 6.45) is 5.16. The normalized spacial score (nSPS) is 35.8. The smallest absolute Gasteiger partial charge is 0.109 e. The van der Waals surface area contributed by atoms with E-state index in [0.717, 1.165) is 58.5 Å². The molecule has 0 aromatic heterocycles. The van der Waals surface area contributed by atoms with E-state index in [2.05, 4.69) is 18.3 Å². The molecule has 0 bridgehead atoms. The van der Waals surface area contributed by atoms with Crippen LogP contribution in [0.5, 0.6) is 0 Å². The number of hydrogen-bond acceptors (Lipinski definition) is 4. The van der Waals surface area contributed by atoms with Gasteiger partial charge in [0.05, 0.1) is 25.4 Å². The van der Waals surface area contributed by atoms with Crippen molar-refractivity contribution in [3.8, 4) is 6.07 Å². The lowest BCUT2D eigenvalue weighted by atomic mass is 9.99. The van der Waals surface area contributed by atoms with Crippen molar-refractivity contribution in [2.24, 2.45) is 5.92 Å². The topological polar surface area (TPSA) is 54.3 Å². The summed E-state index contributed by atoms with van der Waals surface area (Å²) in [6, 6.07) is 2.45. The summed E-state index contributed by atoms with van der Waals surface area (Å²) in [5.74, 6) is 0.561. The molecular weight excluding hydrogens is 228 g/mol. The highest BCUT2D eigenvalue weighted by Crippen LogP contribution is 2.32. The SMILES string of the molecule is CCCNC1(C#N)CCC(OCC2CCOC2)C1. The van der Waals surface area contributed by atoms with Crippen LogP contribution >= 0.6 is 0 Å². The van der Waals surface area contributed by atoms with E-state index in [-0.39, 0.29) is 11.6 Å². The second kappa shape index (κ2) is 6.51. The molecule has 0 radical (unpaired) electrons. The lowest BCUT2D eigenvalue weighted by Crippen LogP contribution is -2.42. The quantitative estimate of drug-likeness (QED) is 0.784. The van der Waals surface area contributed by atoms with Crippen molar-refractivity contribution in [1.29, 1.82) is 5.26 Å². The Hall–Kier alpha value is -0.630. The van der Waals surface area contributed by atoms with E-state index in [1.165, 1.54) is 0 Å². The number of nitrogens with zero attached hydrogens (tertiary/aromatic N) is 1. The molecule has 0 aromatic carbocycles. The third-order valence-electron chi connectivity index (χ3n) is 3.99. The molecule has 3 atom stereocenters. The van der Waals surface area contributed by atoms with E-state index in [4.69, 9.17) is 9.47 Å². The Morgan fingerprint density at radius 2 is 2.39 bits per heavy atom. The fourth-order valence-corrected chi connectivity index (χ4v) is 2.80. The summed E-state index contributed by atoms with van der Waals surface area (Å²) >= 11 is 0. The van der Waals surface area contributed by atoms with Crippen LogP contribution < -0.4 is 5.32 Å². The molecule has 2 fully saturated rings. The van der Waals surface area contributed by atoms with Crippen molar-refractivity contribution in [2.75, 3.05) is 26.4 Å². The minimum Gasteiger partial charge on any atom is -0.381 e. The van der Waals surface area contributed by atoms with E-state index in [1.807, 2.05) is 0 Å². The minimum atomic E-state index is -0.340. The fourth-order valence-electron chi connectivity index (χ4n) is 2.80. The van der Waals surface area contributed by atoms with Crippen LogP contribution in [0, 0.1) is 17.2 Å². The molecule has 1 heterocycles. The molecule has 4 nitrogen and oxygen atoms in total. The highest BCUT2D eigenvalue weighted by atomic mass is 16.5. The summed E-state index contributed by atoms with van der Waals surface area (Å²) in [5.41, 5.74) is -0.340. The molecule has 1 aliphatic heterocycles. The Kier molecular flexibility index (Phi) is 4.99. The maximum Gasteiger partial charge on any atom is 0.109 e. The molecule has 0 aromatic rings. The predicted octanol–water partition coefficient (Wildman–Crippen LogP) is 1.85. The number of nitrogens with one attached hydrogen (secondary N) is 1. The van der Waals surface area contributed by atoms with Crippen LogP contribution in [-0.4, -0.2) is 38.0 Å². The van der Waals surface area contributed by atoms with Gasteiger partial charge in [0, 0.05) is 18.9 Å². The van der Waals surface area contributed by atoms with Crippen LogP contribution in [0.2, 0.25) is 0 Å². The molecule has 4 heteroatoms. The molecule has 0 amide bonds. The van der Waals surface area contributed by atoms with Crippen molar-refractivity contribution in [2.45, 2.75) is 50.7 Å². The molecule has 1 saturated heterocycles. The Balaban J connectivity index is 1.74. The Labute approximate surface area is 110 Å². The van der Waals surface area contributed by atoms with Gasteiger partial charge < -0.3 is 9.47 Å². The van der Waals surface area contributed by atoms with Gasteiger partial charge in [-0.15, -0.1) is 0 Å². The first-order chi connectivity index (χ1) is 8.78. The first kappa shape index (κ1) is 13.8.